The molecule has 24 heavy (non-hydrogen) atoms. The average Bonchev–Trinajstić information content (AvgIpc) is 2.99. The van der Waals surface area contributed by atoms with Crippen molar-refractivity contribution in [3.8, 4) is 0 Å². The number of aryl methyl sites for hydroxylation is 1. The first-order valence-corrected chi connectivity index (χ1v) is 8.54. The lowest BCUT2D eigenvalue weighted by atomic mass is 10.1. The quantitative estimate of drug-likeness (QED) is 0.908. The summed E-state index contributed by atoms with van der Waals surface area (Å²) in [7, 11) is 1.85. The van der Waals surface area contributed by atoms with E-state index >= 15 is 0 Å². The van der Waals surface area contributed by atoms with Crippen LogP contribution in [0.5, 0.6) is 0 Å². The van der Waals surface area contributed by atoms with Gasteiger partial charge in [0.2, 0.25) is 5.91 Å². The van der Waals surface area contributed by atoms with E-state index in [1.807, 2.05) is 39.1 Å². The van der Waals surface area contributed by atoms with Crippen LogP contribution in [0.15, 0.2) is 18.2 Å². The second kappa shape index (κ2) is 7.32. The third kappa shape index (κ3) is 3.76. The fraction of sp³-hybridized carbons (Fsp3) is 0.556. The first-order valence-electron chi connectivity index (χ1n) is 8.54. The molecule has 1 N–H and O–H groups in total. The van der Waals surface area contributed by atoms with Gasteiger partial charge in [-0.2, -0.15) is 0 Å². The highest BCUT2D eigenvalue weighted by atomic mass is 16.5. The molecule has 0 saturated carbocycles. The number of aromatic nitrogens is 2. The van der Waals surface area contributed by atoms with Crippen molar-refractivity contribution < 1.29 is 9.53 Å². The van der Waals surface area contributed by atoms with Crippen LogP contribution >= 0.6 is 0 Å². The summed E-state index contributed by atoms with van der Waals surface area (Å²) in [5.74, 6) is 0.951. The molecule has 130 valence electrons. The Bertz CT molecular complexity index is 706. The molecule has 1 aromatic carbocycles. The van der Waals surface area contributed by atoms with Gasteiger partial charge in [-0.05, 0) is 18.6 Å². The molecule has 0 unspecified atom stereocenters. The van der Waals surface area contributed by atoms with Crippen molar-refractivity contribution in [2.24, 2.45) is 5.92 Å². The number of rotatable bonds is 5. The number of carbonyl (C=O) groups is 1. The SMILES string of the molecule is Cc1cccc2[nH]c(CN(C)C(=O)[C@@H](C)CN3CCOCC3)nc12. The maximum atomic E-state index is 12.6. The van der Waals surface area contributed by atoms with Gasteiger partial charge >= 0.3 is 0 Å². The second-order valence-corrected chi connectivity index (χ2v) is 6.66. The minimum absolute atomic E-state index is 0.0285. The Morgan fingerprint density at radius 3 is 2.88 bits per heavy atom. The second-order valence-electron chi connectivity index (χ2n) is 6.66. The summed E-state index contributed by atoms with van der Waals surface area (Å²) in [5.41, 5.74) is 3.14. The van der Waals surface area contributed by atoms with Crippen LogP contribution in [0.25, 0.3) is 11.0 Å². The van der Waals surface area contributed by atoms with Crippen LogP contribution in [0.1, 0.15) is 18.3 Å². The van der Waals surface area contributed by atoms with Crippen LogP contribution in [0.4, 0.5) is 0 Å². The van der Waals surface area contributed by atoms with Gasteiger partial charge in [-0.1, -0.05) is 19.1 Å². The van der Waals surface area contributed by atoms with Crippen molar-refractivity contribution in [2.75, 3.05) is 39.9 Å². The molecule has 2 heterocycles. The molecule has 1 atom stereocenters. The van der Waals surface area contributed by atoms with Crippen molar-refractivity contribution >= 4 is 16.9 Å². The monoisotopic (exact) mass is 330 g/mol. The summed E-state index contributed by atoms with van der Waals surface area (Å²) in [4.78, 5) is 24.6. The largest absolute Gasteiger partial charge is 0.379 e. The van der Waals surface area contributed by atoms with E-state index in [0.717, 1.165) is 55.3 Å². The first kappa shape index (κ1) is 16.9. The molecule has 6 heteroatoms. The van der Waals surface area contributed by atoms with Gasteiger partial charge < -0.3 is 14.6 Å². The van der Waals surface area contributed by atoms with Crippen LogP contribution in [0.2, 0.25) is 0 Å². The number of imidazole rings is 1. The number of aromatic amines is 1. The third-order valence-corrected chi connectivity index (χ3v) is 4.58. The van der Waals surface area contributed by atoms with Crippen molar-refractivity contribution in [2.45, 2.75) is 20.4 Å². The Kier molecular flexibility index (Phi) is 5.16. The van der Waals surface area contributed by atoms with Crippen molar-refractivity contribution in [3.05, 3.63) is 29.6 Å². The number of morpholine rings is 1. The lowest BCUT2D eigenvalue weighted by Gasteiger charge is -2.30. The summed E-state index contributed by atoms with van der Waals surface area (Å²) in [6.07, 6.45) is 0. The van der Waals surface area contributed by atoms with E-state index in [0.29, 0.717) is 6.54 Å². The number of hydrogen-bond donors (Lipinski definition) is 1. The summed E-state index contributed by atoms with van der Waals surface area (Å²) in [5, 5.41) is 0. The van der Waals surface area contributed by atoms with E-state index in [1.54, 1.807) is 4.90 Å². The Balaban J connectivity index is 1.61. The minimum atomic E-state index is -0.0285. The molecule has 1 aromatic heterocycles. The fourth-order valence-corrected chi connectivity index (χ4v) is 3.23. The zero-order chi connectivity index (χ0) is 17.1. The van der Waals surface area contributed by atoms with E-state index in [-0.39, 0.29) is 11.8 Å². The Labute approximate surface area is 142 Å². The summed E-state index contributed by atoms with van der Waals surface area (Å²) in [6.45, 7) is 8.66. The average molecular weight is 330 g/mol. The predicted molar refractivity (Wildman–Crippen MR) is 93.7 cm³/mol. The number of H-pyrrole nitrogens is 1. The van der Waals surface area contributed by atoms with Gasteiger partial charge in [0.25, 0.3) is 0 Å². The molecule has 1 saturated heterocycles. The number of amides is 1. The highest BCUT2D eigenvalue weighted by Gasteiger charge is 2.22. The van der Waals surface area contributed by atoms with Gasteiger partial charge in [0.15, 0.2) is 0 Å². The Morgan fingerprint density at radius 1 is 1.42 bits per heavy atom. The predicted octanol–water partition coefficient (Wildman–Crippen LogP) is 1.80. The molecular weight excluding hydrogens is 304 g/mol. The van der Waals surface area contributed by atoms with Gasteiger partial charge in [0.1, 0.15) is 5.82 Å². The van der Waals surface area contributed by atoms with Gasteiger partial charge in [0, 0.05) is 32.6 Å². The molecule has 0 spiro atoms. The van der Waals surface area contributed by atoms with E-state index in [1.165, 1.54) is 0 Å². The number of carbonyl (C=O) groups excluding carboxylic acids is 1. The molecule has 0 bridgehead atoms. The maximum absolute atomic E-state index is 12.6. The zero-order valence-corrected chi connectivity index (χ0v) is 14.7. The molecule has 6 nitrogen and oxygen atoms in total. The summed E-state index contributed by atoms with van der Waals surface area (Å²) in [6, 6.07) is 6.08. The highest BCUT2D eigenvalue weighted by Crippen LogP contribution is 2.16. The van der Waals surface area contributed by atoms with Crippen molar-refractivity contribution in [3.63, 3.8) is 0 Å². The smallest absolute Gasteiger partial charge is 0.226 e. The maximum Gasteiger partial charge on any atom is 0.226 e. The Morgan fingerprint density at radius 2 is 2.17 bits per heavy atom. The molecule has 1 aliphatic rings. The number of nitrogens with zero attached hydrogens (tertiary/aromatic N) is 3. The molecule has 1 fully saturated rings. The lowest BCUT2D eigenvalue weighted by molar-refractivity contribution is -0.135. The zero-order valence-electron chi connectivity index (χ0n) is 14.7. The number of para-hydroxylation sites is 1. The molecule has 1 aliphatic heterocycles. The van der Waals surface area contributed by atoms with Crippen LogP contribution in [-0.2, 0) is 16.1 Å². The molecule has 3 rings (SSSR count). The van der Waals surface area contributed by atoms with E-state index in [9.17, 15) is 4.79 Å². The van der Waals surface area contributed by atoms with Gasteiger partial charge in [-0.25, -0.2) is 4.98 Å². The number of benzene rings is 1. The number of fused-ring (bicyclic) bond motifs is 1. The molecule has 0 radical (unpaired) electrons. The van der Waals surface area contributed by atoms with E-state index in [4.69, 9.17) is 4.74 Å². The molecule has 1 amide bonds. The first-order chi connectivity index (χ1) is 11.5. The van der Waals surface area contributed by atoms with Crippen LogP contribution in [-0.4, -0.2) is 65.6 Å². The normalized spacial score (nSPS) is 17.1. The van der Waals surface area contributed by atoms with Gasteiger partial charge in [-0.3, -0.25) is 9.69 Å². The Hall–Kier alpha value is -1.92. The number of hydrogen-bond acceptors (Lipinski definition) is 4. The van der Waals surface area contributed by atoms with Crippen molar-refractivity contribution in [1.82, 2.24) is 19.8 Å². The van der Waals surface area contributed by atoms with Crippen LogP contribution < -0.4 is 0 Å². The molecule has 0 aliphatic carbocycles. The molecule has 2 aromatic rings. The summed E-state index contributed by atoms with van der Waals surface area (Å²) < 4.78 is 5.36. The number of nitrogens with one attached hydrogen (secondary N) is 1. The minimum Gasteiger partial charge on any atom is -0.379 e. The number of ether oxygens (including phenoxy) is 1. The van der Waals surface area contributed by atoms with Gasteiger partial charge in [-0.15, -0.1) is 0 Å². The van der Waals surface area contributed by atoms with Crippen molar-refractivity contribution in [1.29, 1.82) is 0 Å². The van der Waals surface area contributed by atoms with Gasteiger partial charge in [0.05, 0.1) is 30.8 Å². The van der Waals surface area contributed by atoms with Crippen LogP contribution in [0, 0.1) is 12.8 Å². The standard InChI is InChI=1S/C18H26N4O2/c1-13-5-4-6-15-17(13)20-16(19-15)12-21(3)18(23)14(2)11-22-7-9-24-10-8-22/h4-6,14H,7-12H2,1-3H3,(H,19,20)/t14-/m0/s1. The molecular formula is C18H26N4O2. The highest BCUT2D eigenvalue weighted by molar-refractivity contribution is 5.80. The third-order valence-electron chi connectivity index (χ3n) is 4.58. The topological polar surface area (TPSA) is 61.5 Å². The lowest BCUT2D eigenvalue weighted by Crippen LogP contribution is -2.43. The fourth-order valence-electron chi connectivity index (χ4n) is 3.23. The van der Waals surface area contributed by atoms with Crippen LogP contribution in [0.3, 0.4) is 0 Å². The van der Waals surface area contributed by atoms with E-state index < -0.39 is 0 Å². The van der Waals surface area contributed by atoms with E-state index in [2.05, 4.69) is 14.9 Å². The summed E-state index contributed by atoms with van der Waals surface area (Å²) >= 11 is 0.